The molecule has 240 valence electrons. The Morgan fingerprint density at radius 3 is 1.88 bits per heavy atom. The number of anilines is 1. The summed E-state index contributed by atoms with van der Waals surface area (Å²) in [6.07, 6.45) is 0.950. The van der Waals surface area contributed by atoms with Gasteiger partial charge in [-0.3, -0.25) is 0 Å². The number of tetrazole rings is 1. The normalized spacial score (nSPS) is 12.6. The van der Waals surface area contributed by atoms with E-state index >= 15 is 0 Å². The average Bonchev–Trinajstić information content (AvgIpc) is 3.80. The second-order valence-electron chi connectivity index (χ2n) is 12.5. The van der Waals surface area contributed by atoms with E-state index in [0.717, 1.165) is 69.2 Å². The molecule has 0 saturated heterocycles. The van der Waals surface area contributed by atoms with Gasteiger partial charge in [0.2, 0.25) is 5.82 Å². The molecule has 0 unspecified atom stereocenters. The van der Waals surface area contributed by atoms with E-state index in [1.165, 1.54) is 5.56 Å². The van der Waals surface area contributed by atoms with Gasteiger partial charge >= 0.3 is 0 Å². The first kappa shape index (κ1) is 30.3. The van der Waals surface area contributed by atoms with Crippen LogP contribution in [-0.2, 0) is 18.6 Å². The standard InChI is InChI=1S/C42H36N6O/c1-30-28-39(38-26-27-47(2)41(38)43-30)49-29-31-22-24-32(25-23-31)36-20-12-13-21-37(36)40-44-46-48(45-40)42(33-14-6-3-7-15-33,34-16-8-4-9-17-34)35-18-10-5-11-19-35/h3-25,28H,26-27,29H2,1-2H3. The van der Waals surface area contributed by atoms with Gasteiger partial charge in [0.1, 0.15) is 18.2 Å². The molecular weight excluding hydrogens is 605 g/mol. The zero-order valence-corrected chi connectivity index (χ0v) is 27.6. The van der Waals surface area contributed by atoms with Crippen LogP contribution < -0.4 is 9.64 Å². The summed E-state index contributed by atoms with van der Waals surface area (Å²) in [6, 6.07) is 50.0. The first-order valence-corrected chi connectivity index (χ1v) is 16.6. The summed E-state index contributed by atoms with van der Waals surface area (Å²) in [6.45, 7) is 3.46. The maximum absolute atomic E-state index is 6.35. The topological polar surface area (TPSA) is 69.0 Å². The molecule has 0 amide bonds. The lowest BCUT2D eigenvalue weighted by molar-refractivity contribution is 0.303. The molecular formula is C42H36N6O. The van der Waals surface area contributed by atoms with Crippen molar-refractivity contribution < 1.29 is 4.74 Å². The number of nitrogens with zero attached hydrogens (tertiary/aromatic N) is 6. The van der Waals surface area contributed by atoms with Crippen molar-refractivity contribution in [3.8, 4) is 28.3 Å². The number of rotatable bonds is 9. The molecule has 0 radical (unpaired) electrons. The van der Waals surface area contributed by atoms with Gasteiger partial charge < -0.3 is 9.64 Å². The van der Waals surface area contributed by atoms with Crippen molar-refractivity contribution in [3.63, 3.8) is 0 Å². The molecule has 49 heavy (non-hydrogen) atoms. The molecule has 0 spiro atoms. The number of likely N-dealkylation sites (N-methyl/N-ethyl adjacent to an activating group) is 1. The van der Waals surface area contributed by atoms with Crippen molar-refractivity contribution in [2.24, 2.45) is 0 Å². The molecule has 0 N–H and O–H groups in total. The Kier molecular flexibility index (Phi) is 7.93. The summed E-state index contributed by atoms with van der Waals surface area (Å²) in [7, 11) is 2.08. The number of aromatic nitrogens is 5. The summed E-state index contributed by atoms with van der Waals surface area (Å²) >= 11 is 0. The third-order valence-corrected chi connectivity index (χ3v) is 9.36. The maximum Gasteiger partial charge on any atom is 0.205 e. The van der Waals surface area contributed by atoms with E-state index in [0.29, 0.717) is 12.4 Å². The van der Waals surface area contributed by atoms with Crippen molar-refractivity contribution in [3.05, 3.63) is 179 Å². The van der Waals surface area contributed by atoms with Gasteiger partial charge in [-0.15, -0.1) is 15.0 Å². The lowest BCUT2D eigenvalue weighted by Crippen LogP contribution is -2.39. The largest absolute Gasteiger partial charge is 0.488 e. The van der Waals surface area contributed by atoms with Gasteiger partial charge in [0.05, 0.1) is 0 Å². The smallest absolute Gasteiger partial charge is 0.205 e. The number of hydrogen-bond acceptors (Lipinski definition) is 6. The number of hydrogen-bond donors (Lipinski definition) is 0. The van der Waals surface area contributed by atoms with E-state index in [4.69, 9.17) is 25.1 Å². The number of pyridine rings is 1. The van der Waals surface area contributed by atoms with Crippen LogP contribution in [0, 0.1) is 6.92 Å². The van der Waals surface area contributed by atoms with Crippen molar-refractivity contribution >= 4 is 5.82 Å². The molecule has 1 aliphatic rings. The van der Waals surface area contributed by atoms with E-state index in [-0.39, 0.29) is 0 Å². The second kappa shape index (κ2) is 12.8. The highest BCUT2D eigenvalue weighted by atomic mass is 16.5. The van der Waals surface area contributed by atoms with Crippen molar-refractivity contribution in [1.82, 2.24) is 25.2 Å². The molecule has 1 aliphatic heterocycles. The molecule has 7 nitrogen and oxygen atoms in total. The zero-order chi connectivity index (χ0) is 33.2. The van der Waals surface area contributed by atoms with Crippen LogP contribution in [0.1, 0.15) is 33.5 Å². The molecule has 0 saturated carbocycles. The fourth-order valence-corrected chi connectivity index (χ4v) is 6.94. The van der Waals surface area contributed by atoms with Crippen LogP contribution in [0.25, 0.3) is 22.5 Å². The molecule has 0 fully saturated rings. The van der Waals surface area contributed by atoms with Gasteiger partial charge in [0.15, 0.2) is 5.54 Å². The van der Waals surface area contributed by atoms with E-state index < -0.39 is 5.54 Å². The van der Waals surface area contributed by atoms with Gasteiger partial charge in [-0.25, -0.2) is 4.98 Å². The molecule has 0 bridgehead atoms. The van der Waals surface area contributed by atoms with E-state index in [9.17, 15) is 0 Å². The van der Waals surface area contributed by atoms with Crippen molar-refractivity contribution in [2.75, 3.05) is 18.5 Å². The van der Waals surface area contributed by atoms with Crippen molar-refractivity contribution in [1.29, 1.82) is 0 Å². The van der Waals surface area contributed by atoms with Crippen LogP contribution in [0.3, 0.4) is 0 Å². The molecule has 0 atom stereocenters. The van der Waals surface area contributed by atoms with Crippen LogP contribution in [0.15, 0.2) is 146 Å². The number of benzene rings is 5. The Bertz CT molecular complexity index is 2100. The number of aryl methyl sites for hydroxylation is 1. The third kappa shape index (κ3) is 5.53. The van der Waals surface area contributed by atoms with Gasteiger partial charge in [0.25, 0.3) is 0 Å². The molecule has 3 heterocycles. The molecule has 7 aromatic rings. The minimum absolute atomic E-state index is 0.484. The fourth-order valence-electron chi connectivity index (χ4n) is 6.94. The van der Waals surface area contributed by atoms with Crippen LogP contribution in [0.5, 0.6) is 5.75 Å². The highest BCUT2D eigenvalue weighted by Gasteiger charge is 2.41. The zero-order valence-electron chi connectivity index (χ0n) is 27.6. The predicted octanol–water partition coefficient (Wildman–Crippen LogP) is 8.12. The first-order valence-electron chi connectivity index (χ1n) is 16.6. The molecule has 5 aromatic carbocycles. The third-order valence-electron chi connectivity index (χ3n) is 9.36. The van der Waals surface area contributed by atoms with Gasteiger partial charge in [0, 0.05) is 36.5 Å². The Labute approximate surface area is 286 Å². The lowest BCUT2D eigenvalue weighted by Gasteiger charge is -2.34. The van der Waals surface area contributed by atoms with Gasteiger partial charge in [-0.05, 0) is 51.9 Å². The Morgan fingerprint density at radius 1 is 0.694 bits per heavy atom. The SMILES string of the molecule is Cc1cc(OCc2ccc(-c3ccccc3-c3nnn(C(c4ccccc4)(c4ccccc4)c4ccccc4)n3)cc2)c2c(n1)N(C)CC2. The van der Waals surface area contributed by atoms with Crippen LogP contribution >= 0.6 is 0 Å². The van der Waals surface area contributed by atoms with Crippen LogP contribution in [0.2, 0.25) is 0 Å². The highest BCUT2D eigenvalue weighted by Crippen LogP contribution is 2.40. The average molecular weight is 641 g/mol. The van der Waals surface area contributed by atoms with E-state index in [1.54, 1.807) is 4.80 Å². The molecule has 7 heteroatoms. The Balaban J connectivity index is 1.14. The Morgan fingerprint density at radius 2 is 1.27 bits per heavy atom. The number of ether oxygens (including phenoxy) is 1. The Hall–Kier alpha value is -6.08. The second-order valence-corrected chi connectivity index (χ2v) is 12.5. The lowest BCUT2D eigenvalue weighted by atomic mass is 9.77. The first-order chi connectivity index (χ1) is 24.1. The maximum atomic E-state index is 6.35. The minimum Gasteiger partial charge on any atom is -0.488 e. The van der Waals surface area contributed by atoms with E-state index in [2.05, 4.69) is 121 Å². The summed E-state index contributed by atoms with van der Waals surface area (Å²) in [5.41, 5.74) is 8.55. The van der Waals surface area contributed by atoms with Crippen LogP contribution in [-0.4, -0.2) is 38.8 Å². The van der Waals surface area contributed by atoms with E-state index in [1.807, 2.05) is 43.3 Å². The quantitative estimate of drug-likeness (QED) is 0.149. The summed E-state index contributed by atoms with van der Waals surface area (Å²) in [4.78, 5) is 8.69. The predicted molar refractivity (Wildman–Crippen MR) is 194 cm³/mol. The van der Waals surface area contributed by atoms with Crippen molar-refractivity contribution in [2.45, 2.75) is 25.5 Å². The summed E-state index contributed by atoms with van der Waals surface area (Å²) < 4.78 is 6.35. The van der Waals surface area contributed by atoms with Gasteiger partial charge in [-0.2, -0.15) is 0 Å². The highest BCUT2D eigenvalue weighted by molar-refractivity contribution is 5.80. The summed E-state index contributed by atoms with van der Waals surface area (Å²) in [5.74, 6) is 2.51. The molecule has 8 rings (SSSR count). The molecule has 2 aromatic heterocycles. The monoisotopic (exact) mass is 640 g/mol. The fraction of sp³-hybridized carbons (Fsp3) is 0.143. The van der Waals surface area contributed by atoms with Gasteiger partial charge in [-0.1, -0.05) is 140 Å². The van der Waals surface area contributed by atoms with Crippen LogP contribution in [0.4, 0.5) is 5.82 Å². The number of fused-ring (bicyclic) bond motifs is 1. The molecule has 0 aliphatic carbocycles. The summed E-state index contributed by atoms with van der Waals surface area (Å²) in [5, 5.41) is 14.6. The minimum atomic E-state index is -0.839.